The molecule has 0 saturated carbocycles. The summed E-state index contributed by atoms with van der Waals surface area (Å²) in [6.45, 7) is 1.93. The highest BCUT2D eigenvalue weighted by Crippen LogP contribution is 2.22. The van der Waals surface area contributed by atoms with Gasteiger partial charge in [-0.1, -0.05) is 22.0 Å². The standard InChI is InChI=1S/C13H15BrN2O2/c1-8(17)6-16-13(18)4-9-7-15-12-5-10(14)2-3-11(9)12/h2-3,5,7-8,15,17H,4,6H2,1H3,(H,16,18). The number of aromatic amines is 1. The molecule has 96 valence electrons. The summed E-state index contributed by atoms with van der Waals surface area (Å²) < 4.78 is 1.00. The van der Waals surface area contributed by atoms with Crippen LogP contribution >= 0.6 is 15.9 Å². The van der Waals surface area contributed by atoms with Crippen molar-refractivity contribution in [3.8, 4) is 0 Å². The number of aromatic nitrogens is 1. The number of halogens is 1. The minimum atomic E-state index is -0.520. The summed E-state index contributed by atoms with van der Waals surface area (Å²) in [5.74, 6) is -0.0836. The van der Waals surface area contributed by atoms with Crippen molar-refractivity contribution in [3.63, 3.8) is 0 Å². The number of H-pyrrole nitrogens is 1. The van der Waals surface area contributed by atoms with Gasteiger partial charge in [-0.3, -0.25) is 4.79 Å². The first-order valence-corrected chi connectivity index (χ1v) is 6.56. The molecule has 1 aromatic carbocycles. The van der Waals surface area contributed by atoms with Gasteiger partial charge < -0.3 is 15.4 Å². The molecule has 1 unspecified atom stereocenters. The lowest BCUT2D eigenvalue weighted by atomic mass is 10.1. The molecule has 0 aliphatic heterocycles. The molecular formula is C13H15BrN2O2. The minimum absolute atomic E-state index is 0.0836. The SMILES string of the molecule is CC(O)CNC(=O)Cc1c[nH]c2cc(Br)ccc12. The van der Waals surface area contributed by atoms with Crippen molar-refractivity contribution in [2.24, 2.45) is 0 Å². The lowest BCUT2D eigenvalue weighted by Gasteiger charge is -2.06. The van der Waals surface area contributed by atoms with Crippen molar-refractivity contribution in [2.75, 3.05) is 6.54 Å². The highest BCUT2D eigenvalue weighted by atomic mass is 79.9. The second kappa shape index (κ2) is 5.54. The third-order valence-corrected chi connectivity index (χ3v) is 3.17. The average Bonchev–Trinajstić information content (AvgIpc) is 2.69. The summed E-state index contributed by atoms with van der Waals surface area (Å²) in [6.07, 6.45) is 1.64. The molecule has 0 radical (unpaired) electrons. The molecule has 1 amide bonds. The van der Waals surface area contributed by atoms with Gasteiger partial charge in [0.15, 0.2) is 0 Å². The Labute approximate surface area is 114 Å². The predicted octanol–water partition coefficient (Wildman–Crippen LogP) is 1.97. The Kier molecular flexibility index (Phi) is 4.04. The van der Waals surface area contributed by atoms with Crippen LogP contribution < -0.4 is 5.32 Å². The first kappa shape index (κ1) is 13.1. The number of aliphatic hydroxyl groups excluding tert-OH is 1. The van der Waals surface area contributed by atoms with Gasteiger partial charge in [0.1, 0.15) is 0 Å². The summed E-state index contributed by atoms with van der Waals surface area (Å²) >= 11 is 3.41. The molecule has 0 saturated heterocycles. The number of carbonyl (C=O) groups is 1. The molecule has 1 heterocycles. The first-order valence-electron chi connectivity index (χ1n) is 5.76. The van der Waals surface area contributed by atoms with E-state index in [0.29, 0.717) is 6.42 Å². The maximum absolute atomic E-state index is 11.7. The molecule has 0 spiro atoms. The van der Waals surface area contributed by atoms with Crippen LogP contribution in [0.3, 0.4) is 0 Å². The van der Waals surface area contributed by atoms with E-state index in [1.54, 1.807) is 6.92 Å². The van der Waals surface area contributed by atoms with E-state index < -0.39 is 6.10 Å². The average molecular weight is 311 g/mol. The lowest BCUT2D eigenvalue weighted by Crippen LogP contribution is -2.31. The number of benzene rings is 1. The fourth-order valence-corrected chi connectivity index (χ4v) is 2.16. The number of fused-ring (bicyclic) bond motifs is 1. The summed E-state index contributed by atoms with van der Waals surface area (Å²) in [5.41, 5.74) is 1.96. The van der Waals surface area contributed by atoms with Crippen LogP contribution in [0.1, 0.15) is 12.5 Å². The first-order chi connectivity index (χ1) is 8.56. The summed E-state index contributed by atoms with van der Waals surface area (Å²) in [6, 6.07) is 5.91. The van der Waals surface area contributed by atoms with E-state index in [1.807, 2.05) is 24.4 Å². The molecule has 0 aliphatic carbocycles. The minimum Gasteiger partial charge on any atom is -0.392 e. The van der Waals surface area contributed by atoms with Gasteiger partial charge in [-0.15, -0.1) is 0 Å². The third-order valence-electron chi connectivity index (χ3n) is 2.68. The van der Waals surface area contributed by atoms with E-state index in [0.717, 1.165) is 20.9 Å². The normalized spacial score (nSPS) is 12.6. The molecule has 2 rings (SSSR count). The molecule has 18 heavy (non-hydrogen) atoms. The number of carbonyl (C=O) groups excluding carboxylic acids is 1. The molecule has 3 N–H and O–H groups in total. The number of nitrogens with one attached hydrogen (secondary N) is 2. The monoisotopic (exact) mass is 310 g/mol. The fourth-order valence-electron chi connectivity index (χ4n) is 1.80. The zero-order valence-electron chi connectivity index (χ0n) is 10.0. The number of aliphatic hydroxyl groups is 1. The number of hydrogen-bond donors (Lipinski definition) is 3. The zero-order chi connectivity index (χ0) is 13.1. The quantitative estimate of drug-likeness (QED) is 0.808. The van der Waals surface area contributed by atoms with Crippen LogP contribution in [0.15, 0.2) is 28.9 Å². The van der Waals surface area contributed by atoms with E-state index in [4.69, 9.17) is 5.11 Å². The van der Waals surface area contributed by atoms with E-state index in [2.05, 4.69) is 26.2 Å². The largest absolute Gasteiger partial charge is 0.392 e. The van der Waals surface area contributed by atoms with E-state index in [-0.39, 0.29) is 12.5 Å². The maximum Gasteiger partial charge on any atom is 0.224 e. The Morgan fingerprint density at radius 3 is 3.06 bits per heavy atom. The second-order valence-electron chi connectivity index (χ2n) is 4.33. The van der Waals surface area contributed by atoms with Gasteiger partial charge in [-0.25, -0.2) is 0 Å². The third kappa shape index (κ3) is 3.11. The van der Waals surface area contributed by atoms with Crippen molar-refractivity contribution < 1.29 is 9.90 Å². The van der Waals surface area contributed by atoms with Crippen molar-refractivity contribution in [1.82, 2.24) is 10.3 Å². The molecule has 1 aromatic heterocycles. The zero-order valence-corrected chi connectivity index (χ0v) is 11.6. The van der Waals surface area contributed by atoms with Gasteiger partial charge in [-0.2, -0.15) is 0 Å². The van der Waals surface area contributed by atoms with Gasteiger partial charge in [0.25, 0.3) is 0 Å². The van der Waals surface area contributed by atoms with Crippen molar-refractivity contribution in [3.05, 3.63) is 34.4 Å². The highest BCUT2D eigenvalue weighted by molar-refractivity contribution is 9.10. The maximum atomic E-state index is 11.7. The Morgan fingerprint density at radius 2 is 2.33 bits per heavy atom. The molecule has 2 aromatic rings. The highest BCUT2D eigenvalue weighted by Gasteiger charge is 2.09. The molecule has 5 heteroatoms. The Hall–Kier alpha value is -1.33. The number of rotatable bonds is 4. The summed E-state index contributed by atoms with van der Waals surface area (Å²) in [5, 5.41) is 12.8. The van der Waals surface area contributed by atoms with Crippen LogP contribution in [0.25, 0.3) is 10.9 Å². The molecule has 0 aliphatic rings. The van der Waals surface area contributed by atoms with Crippen LogP contribution in [0, 0.1) is 0 Å². The molecular weight excluding hydrogens is 296 g/mol. The lowest BCUT2D eigenvalue weighted by molar-refractivity contribution is -0.120. The van der Waals surface area contributed by atoms with Gasteiger partial charge in [0.2, 0.25) is 5.91 Å². The predicted molar refractivity (Wildman–Crippen MR) is 74.4 cm³/mol. The Bertz CT molecular complexity index is 563. The van der Waals surface area contributed by atoms with Crippen molar-refractivity contribution in [1.29, 1.82) is 0 Å². The second-order valence-corrected chi connectivity index (χ2v) is 5.25. The van der Waals surface area contributed by atoms with Crippen LogP contribution in [-0.4, -0.2) is 28.6 Å². The van der Waals surface area contributed by atoms with Gasteiger partial charge >= 0.3 is 0 Å². The van der Waals surface area contributed by atoms with Crippen LogP contribution in [0.2, 0.25) is 0 Å². The molecule has 1 atom stereocenters. The van der Waals surface area contributed by atoms with E-state index >= 15 is 0 Å². The Balaban J connectivity index is 2.10. The van der Waals surface area contributed by atoms with Crippen LogP contribution in [0.5, 0.6) is 0 Å². The van der Waals surface area contributed by atoms with Gasteiger partial charge in [0.05, 0.1) is 12.5 Å². The smallest absolute Gasteiger partial charge is 0.224 e. The number of hydrogen-bond acceptors (Lipinski definition) is 2. The molecule has 4 nitrogen and oxygen atoms in total. The van der Waals surface area contributed by atoms with E-state index in [9.17, 15) is 4.79 Å². The fraction of sp³-hybridized carbons (Fsp3) is 0.308. The number of amides is 1. The van der Waals surface area contributed by atoms with Crippen LogP contribution in [0.4, 0.5) is 0 Å². The molecule has 0 bridgehead atoms. The summed E-state index contributed by atoms with van der Waals surface area (Å²) in [7, 11) is 0. The van der Waals surface area contributed by atoms with Gasteiger partial charge in [-0.05, 0) is 24.6 Å². The topological polar surface area (TPSA) is 65.1 Å². The van der Waals surface area contributed by atoms with Crippen molar-refractivity contribution >= 4 is 32.7 Å². The van der Waals surface area contributed by atoms with Gasteiger partial charge in [0, 0.05) is 28.1 Å². The van der Waals surface area contributed by atoms with E-state index in [1.165, 1.54) is 0 Å². The van der Waals surface area contributed by atoms with Crippen LogP contribution in [-0.2, 0) is 11.2 Å². The van der Waals surface area contributed by atoms with Crippen molar-refractivity contribution in [2.45, 2.75) is 19.4 Å². The molecule has 0 fully saturated rings. The Morgan fingerprint density at radius 1 is 1.56 bits per heavy atom. The summed E-state index contributed by atoms with van der Waals surface area (Å²) in [4.78, 5) is 14.8.